The van der Waals surface area contributed by atoms with Crippen molar-refractivity contribution in [2.75, 3.05) is 26.2 Å². The van der Waals surface area contributed by atoms with E-state index in [1.165, 1.54) is 32.4 Å². The molecule has 2 heterocycles. The topological polar surface area (TPSA) is 44.4 Å². The fourth-order valence-electron chi connectivity index (χ4n) is 2.99. The number of carbonyl (C=O) groups excluding carboxylic acids is 1. The number of piperidine rings is 1. The Morgan fingerprint density at radius 1 is 1.24 bits per heavy atom. The van der Waals surface area contributed by atoms with E-state index in [1.807, 2.05) is 18.7 Å². The third-order valence-corrected chi connectivity index (χ3v) is 4.00. The second kappa shape index (κ2) is 5.71. The Balaban J connectivity index is 1.75. The van der Waals surface area contributed by atoms with Crippen molar-refractivity contribution in [3.05, 3.63) is 0 Å². The normalized spacial score (nSPS) is 26.5. The van der Waals surface area contributed by atoms with Gasteiger partial charge in [0.1, 0.15) is 0 Å². The van der Waals surface area contributed by atoms with Crippen molar-refractivity contribution in [2.45, 2.75) is 39.2 Å². The minimum absolute atomic E-state index is 0.114. The second-order valence-electron chi connectivity index (χ2n) is 5.68. The number of nitrogens with one attached hydrogen (secondary N) is 2. The van der Waals surface area contributed by atoms with Gasteiger partial charge in [0.25, 0.3) is 0 Å². The van der Waals surface area contributed by atoms with Crippen molar-refractivity contribution in [3.63, 3.8) is 0 Å². The summed E-state index contributed by atoms with van der Waals surface area (Å²) in [4.78, 5) is 13.8. The van der Waals surface area contributed by atoms with E-state index < -0.39 is 0 Å². The summed E-state index contributed by atoms with van der Waals surface area (Å²) in [5, 5.41) is 6.41. The third-order valence-electron chi connectivity index (χ3n) is 4.00. The van der Waals surface area contributed by atoms with Gasteiger partial charge in [0, 0.05) is 19.1 Å². The van der Waals surface area contributed by atoms with Crippen molar-refractivity contribution in [2.24, 2.45) is 11.8 Å². The molecule has 2 aliphatic rings. The second-order valence-corrected chi connectivity index (χ2v) is 5.68. The van der Waals surface area contributed by atoms with Crippen LogP contribution in [0.15, 0.2) is 0 Å². The average molecular weight is 239 g/mol. The molecule has 4 heteroatoms. The maximum Gasteiger partial charge on any atom is 0.317 e. The lowest BCUT2D eigenvalue weighted by atomic mass is 9.84. The number of carbonyl (C=O) groups is 1. The van der Waals surface area contributed by atoms with Gasteiger partial charge >= 0.3 is 6.03 Å². The van der Waals surface area contributed by atoms with E-state index in [1.54, 1.807) is 0 Å². The van der Waals surface area contributed by atoms with Crippen LogP contribution in [0.4, 0.5) is 4.79 Å². The van der Waals surface area contributed by atoms with Crippen molar-refractivity contribution >= 4 is 6.03 Å². The molecule has 0 aliphatic carbocycles. The van der Waals surface area contributed by atoms with E-state index in [9.17, 15) is 4.79 Å². The lowest BCUT2D eigenvalue weighted by Crippen LogP contribution is -2.47. The number of hydrogen-bond acceptors (Lipinski definition) is 2. The Bertz CT molecular complexity index is 253. The van der Waals surface area contributed by atoms with Gasteiger partial charge in [0.2, 0.25) is 0 Å². The SMILES string of the molecule is CC(C)NC(=O)N1CCC(C2CCNC2)CC1. The van der Waals surface area contributed by atoms with E-state index in [-0.39, 0.29) is 12.1 Å². The van der Waals surface area contributed by atoms with Crippen LogP contribution in [0.2, 0.25) is 0 Å². The van der Waals surface area contributed by atoms with Crippen LogP contribution in [-0.4, -0.2) is 43.2 Å². The smallest absolute Gasteiger partial charge is 0.317 e. The average Bonchev–Trinajstić information content (AvgIpc) is 2.82. The first-order valence-corrected chi connectivity index (χ1v) is 6.93. The van der Waals surface area contributed by atoms with Gasteiger partial charge in [-0.3, -0.25) is 0 Å². The van der Waals surface area contributed by atoms with Crippen molar-refractivity contribution in [3.8, 4) is 0 Å². The minimum Gasteiger partial charge on any atom is -0.336 e. The number of hydrogen-bond donors (Lipinski definition) is 2. The van der Waals surface area contributed by atoms with Crippen LogP contribution < -0.4 is 10.6 Å². The molecule has 2 saturated heterocycles. The van der Waals surface area contributed by atoms with Gasteiger partial charge < -0.3 is 15.5 Å². The molecular formula is C13H25N3O. The van der Waals surface area contributed by atoms with E-state index >= 15 is 0 Å². The van der Waals surface area contributed by atoms with Gasteiger partial charge in [-0.05, 0) is 58.0 Å². The van der Waals surface area contributed by atoms with Crippen LogP contribution >= 0.6 is 0 Å². The quantitative estimate of drug-likeness (QED) is 0.765. The van der Waals surface area contributed by atoms with Crippen LogP contribution in [-0.2, 0) is 0 Å². The monoisotopic (exact) mass is 239 g/mol. The van der Waals surface area contributed by atoms with Gasteiger partial charge in [-0.1, -0.05) is 0 Å². The van der Waals surface area contributed by atoms with Gasteiger partial charge in [0.15, 0.2) is 0 Å². The fourth-order valence-corrected chi connectivity index (χ4v) is 2.99. The lowest BCUT2D eigenvalue weighted by Gasteiger charge is -2.35. The fraction of sp³-hybridized carbons (Fsp3) is 0.923. The number of urea groups is 1. The summed E-state index contributed by atoms with van der Waals surface area (Å²) in [6.07, 6.45) is 3.68. The van der Waals surface area contributed by atoms with Crippen LogP contribution in [0.3, 0.4) is 0 Å². The Kier molecular flexibility index (Phi) is 4.26. The van der Waals surface area contributed by atoms with Crippen LogP contribution in [0.25, 0.3) is 0 Å². The molecule has 1 unspecified atom stereocenters. The highest BCUT2D eigenvalue weighted by Crippen LogP contribution is 2.28. The van der Waals surface area contributed by atoms with Crippen molar-refractivity contribution in [1.29, 1.82) is 0 Å². The summed E-state index contributed by atoms with van der Waals surface area (Å²) < 4.78 is 0. The zero-order chi connectivity index (χ0) is 12.3. The lowest BCUT2D eigenvalue weighted by molar-refractivity contribution is 0.152. The van der Waals surface area contributed by atoms with Gasteiger partial charge in [-0.25, -0.2) is 4.79 Å². The molecule has 0 aromatic heterocycles. The maximum absolute atomic E-state index is 11.8. The first-order chi connectivity index (χ1) is 8.16. The first kappa shape index (κ1) is 12.7. The van der Waals surface area contributed by atoms with Crippen LogP contribution in [0, 0.1) is 11.8 Å². The van der Waals surface area contributed by atoms with Crippen molar-refractivity contribution in [1.82, 2.24) is 15.5 Å². The summed E-state index contributed by atoms with van der Waals surface area (Å²) in [6.45, 7) is 8.24. The Morgan fingerprint density at radius 3 is 2.47 bits per heavy atom. The van der Waals surface area contributed by atoms with E-state index in [0.29, 0.717) is 0 Å². The maximum atomic E-state index is 11.8. The molecule has 98 valence electrons. The molecule has 2 fully saturated rings. The number of amides is 2. The molecule has 4 nitrogen and oxygen atoms in total. The summed E-state index contributed by atoms with van der Waals surface area (Å²) in [5.74, 6) is 1.68. The summed E-state index contributed by atoms with van der Waals surface area (Å²) in [5.41, 5.74) is 0. The molecule has 2 amide bonds. The molecule has 2 aliphatic heterocycles. The molecule has 0 bridgehead atoms. The van der Waals surface area contributed by atoms with Gasteiger partial charge in [-0.15, -0.1) is 0 Å². The summed E-state index contributed by atoms with van der Waals surface area (Å²) in [6, 6.07) is 0.349. The first-order valence-electron chi connectivity index (χ1n) is 6.93. The molecule has 1 atom stereocenters. The Labute approximate surface area is 104 Å². The Hall–Kier alpha value is -0.770. The van der Waals surface area contributed by atoms with Gasteiger partial charge in [0.05, 0.1) is 0 Å². The predicted molar refractivity (Wildman–Crippen MR) is 68.9 cm³/mol. The summed E-state index contributed by atoms with van der Waals surface area (Å²) >= 11 is 0. The molecule has 0 aromatic carbocycles. The molecule has 0 spiro atoms. The highest BCUT2D eigenvalue weighted by molar-refractivity contribution is 5.74. The highest BCUT2D eigenvalue weighted by atomic mass is 16.2. The largest absolute Gasteiger partial charge is 0.336 e. The molecule has 2 rings (SSSR count). The van der Waals surface area contributed by atoms with Crippen molar-refractivity contribution < 1.29 is 4.79 Å². The predicted octanol–water partition coefficient (Wildman–Crippen LogP) is 1.43. The third kappa shape index (κ3) is 3.35. The van der Waals surface area contributed by atoms with E-state index in [2.05, 4.69) is 10.6 Å². The highest BCUT2D eigenvalue weighted by Gasteiger charge is 2.29. The number of rotatable bonds is 2. The van der Waals surface area contributed by atoms with Crippen LogP contribution in [0.5, 0.6) is 0 Å². The summed E-state index contributed by atoms with van der Waals surface area (Å²) in [7, 11) is 0. The molecule has 0 aromatic rings. The number of likely N-dealkylation sites (tertiary alicyclic amines) is 1. The van der Waals surface area contributed by atoms with E-state index in [0.717, 1.165) is 24.9 Å². The standard InChI is InChI=1S/C13H25N3O/c1-10(2)15-13(17)16-7-4-11(5-8-16)12-3-6-14-9-12/h10-12,14H,3-9H2,1-2H3,(H,15,17). The van der Waals surface area contributed by atoms with Crippen LogP contribution in [0.1, 0.15) is 33.1 Å². The van der Waals surface area contributed by atoms with Gasteiger partial charge in [-0.2, -0.15) is 0 Å². The minimum atomic E-state index is 0.114. The molecule has 0 radical (unpaired) electrons. The zero-order valence-corrected chi connectivity index (χ0v) is 11.0. The number of nitrogens with zero attached hydrogens (tertiary/aromatic N) is 1. The molecule has 0 saturated carbocycles. The molecular weight excluding hydrogens is 214 g/mol. The van der Waals surface area contributed by atoms with E-state index in [4.69, 9.17) is 0 Å². The molecule has 2 N–H and O–H groups in total. The molecule has 17 heavy (non-hydrogen) atoms. The zero-order valence-electron chi connectivity index (χ0n) is 11.0. The Morgan fingerprint density at radius 2 is 1.94 bits per heavy atom.